The van der Waals surface area contributed by atoms with Crippen LogP contribution in [0, 0.1) is 0 Å². The summed E-state index contributed by atoms with van der Waals surface area (Å²) in [4.78, 5) is 34.0. The zero-order valence-corrected chi connectivity index (χ0v) is 28.0. The van der Waals surface area contributed by atoms with Crippen LogP contribution >= 0.6 is 7.14 Å². The number of rotatable bonds is 12. The average molecular weight is 674 g/mol. The Hall–Kier alpha value is -3.66. The predicted molar refractivity (Wildman–Crippen MR) is 175 cm³/mol. The van der Waals surface area contributed by atoms with Gasteiger partial charge in [0, 0.05) is 55.2 Å². The molecular weight excluding hydrogens is 631 g/mol. The smallest absolute Gasteiger partial charge is 0.256 e. The molecule has 10 nitrogen and oxygen atoms in total. The first-order valence-corrected chi connectivity index (χ1v) is 18.6. The summed E-state index contributed by atoms with van der Waals surface area (Å²) < 4.78 is 65.3. The molecule has 4 heterocycles. The van der Waals surface area contributed by atoms with Gasteiger partial charge in [-0.05, 0) is 43.0 Å². The molecule has 0 N–H and O–H groups in total. The summed E-state index contributed by atoms with van der Waals surface area (Å²) in [7, 11) is 0.271. The second-order valence-electron chi connectivity index (χ2n) is 12.7. The molecule has 13 heteroatoms. The van der Waals surface area contributed by atoms with Crippen molar-refractivity contribution in [3.05, 3.63) is 41.0 Å². The highest BCUT2D eigenvalue weighted by Gasteiger charge is 2.39. The van der Waals surface area contributed by atoms with E-state index in [2.05, 4.69) is 4.99 Å². The molecule has 47 heavy (non-hydrogen) atoms. The summed E-state index contributed by atoms with van der Waals surface area (Å²) in [5, 5.41) is 0. The Kier molecular flexibility index (Phi) is 9.78. The molecule has 2 fully saturated rings. The molecule has 0 bridgehead atoms. The first-order valence-electron chi connectivity index (χ1n) is 16.3. The molecule has 6 rings (SSSR count). The van der Waals surface area contributed by atoms with Crippen LogP contribution in [0.5, 0.6) is 23.0 Å². The van der Waals surface area contributed by atoms with Gasteiger partial charge < -0.3 is 33.3 Å². The van der Waals surface area contributed by atoms with Gasteiger partial charge in [-0.3, -0.25) is 14.6 Å². The van der Waals surface area contributed by atoms with Gasteiger partial charge in [0.25, 0.3) is 11.8 Å². The summed E-state index contributed by atoms with van der Waals surface area (Å²) in [6.45, 7) is 2.48. The molecule has 2 amide bonds. The maximum Gasteiger partial charge on any atom is 0.256 e. The number of hydrogen-bond acceptors (Lipinski definition) is 8. The van der Waals surface area contributed by atoms with Gasteiger partial charge in [0.05, 0.1) is 65.0 Å². The molecule has 2 aromatic carbocycles. The van der Waals surface area contributed by atoms with Crippen molar-refractivity contribution in [1.29, 1.82) is 0 Å². The van der Waals surface area contributed by atoms with Gasteiger partial charge in [0.2, 0.25) is 0 Å². The van der Waals surface area contributed by atoms with Crippen LogP contribution in [0.15, 0.2) is 29.3 Å². The van der Waals surface area contributed by atoms with Gasteiger partial charge in [-0.25, -0.2) is 8.78 Å². The molecule has 0 aromatic heterocycles. The van der Waals surface area contributed by atoms with Crippen molar-refractivity contribution >= 4 is 30.9 Å². The lowest BCUT2D eigenvalue weighted by Crippen LogP contribution is -2.35. The van der Waals surface area contributed by atoms with Crippen LogP contribution in [0.1, 0.15) is 58.9 Å². The Labute approximate surface area is 273 Å². The van der Waals surface area contributed by atoms with Crippen LogP contribution in [0.25, 0.3) is 0 Å². The summed E-state index contributed by atoms with van der Waals surface area (Å²) in [6, 6.07) is 6.22. The van der Waals surface area contributed by atoms with Crippen molar-refractivity contribution in [2.75, 3.05) is 59.0 Å². The second-order valence-corrected chi connectivity index (χ2v) is 16.2. The van der Waals surface area contributed by atoms with Crippen LogP contribution in [0.3, 0.4) is 0 Å². The van der Waals surface area contributed by atoms with Crippen molar-refractivity contribution in [3.63, 3.8) is 0 Å². The number of ether oxygens (including phenoxy) is 4. The molecule has 2 saturated heterocycles. The minimum Gasteiger partial charge on any atom is -0.493 e. The number of fused-ring (bicyclic) bond motifs is 4. The number of carbonyl (C=O) groups excluding carboxylic acids is 2. The topological polar surface area (TPSA) is 107 Å². The molecule has 2 aromatic rings. The Bertz CT molecular complexity index is 1600. The monoisotopic (exact) mass is 673 g/mol. The number of aliphatic imine (C=N–C) groups is 1. The molecule has 3 unspecified atom stereocenters. The highest BCUT2D eigenvalue weighted by Crippen LogP contribution is 2.47. The zero-order chi connectivity index (χ0) is 33.3. The molecule has 4 aliphatic heterocycles. The third-order valence-corrected chi connectivity index (χ3v) is 12.8. The van der Waals surface area contributed by atoms with Crippen molar-refractivity contribution < 1.29 is 41.9 Å². The average Bonchev–Trinajstić information content (AvgIpc) is 3.56. The van der Waals surface area contributed by atoms with Gasteiger partial charge in [-0.2, -0.15) is 0 Å². The molecule has 0 saturated carbocycles. The number of hydrogen-bond donors (Lipinski definition) is 0. The zero-order valence-electron chi connectivity index (χ0n) is 27.1. The third kappa shape index (κ3) is 6.84. The maximum absolute atomic E-state index is 14.0. The Morgan fingerprint density at radius 1 is 0.830 bits per heavy atom. The Morgan fingerprint density at radius 2 is 1.45 bits per heavy atom. The fraction of sp³-hybridized carbons (Fsp3) is 0.559. The van der Waals surface area contributed by atoms with Crippen LogP contribution < -0.4 is 18.9 Å². The van der Waals surface area contributed by atoms with Crippen LogP contribution in [0.4, 0.5) is 14.5 Å². The number of methoxy groups -OCH3 is 2. The van der Waals surface area contributed by atoms with Crippen LogP contribution in [0.2, 0.25) is 0 Å². The van der Waals surface area contributed by atoms with Gasteiger partial charge >= 0.3 is 0 Å². The van der Waals surface area contributed by atoms with E-state index in [1.54, 1.807) is 29.3 Å². The van der Waals surface area contributed by atoms with Crippen molar-refractivity contribution in [2.24, 2.45) is 4.99 Å². The van der Waals surface area contributed by atoms with E-state index in [0.29, 0.717) is 77.6 Å². The standard InChI is InChI=1S/C34H42F2N3O7P/c1-4-9-47(42,10-7-45-31-12-21-5-6-24-13-22(35)19-38(24)33(40)26(21)15-29(31)43-2)11-8-46-32-17-28-27(16-30(32)44-3)34(41)39-20-23(36)14-25(39)18-37-28/h12,15-18,22-25H,4-11,13-14,19-20H2,1-3H3/t22?,23?,24-,25+,47?/m1/s1. The lowest BCUT2D eigenvalue weighted by molar-refractivity contribution is 0.0731. The van der Waals surface area contributed by atoms with Crippen molar-refractivity contribution in [1.82, 2.24) is 9.80 Å². The fourth-order valence-electron chi connectivity index (χ4n) is 7.13. The number of aryl methyl sites for hydroxylation is 1. The number of benzene rings is 2. The van der Waals surface area contributed by atoms with E-state index < -0.39 is 19.5 Å². The highest BCUT2D eigenvalue weighted by atomic mass is 31.2. The van der Waals surface area contributed by atoms with E-state index in [9.17, 15) is 22.9 Å². The highest BCUT2D eigenvalue weighted by molar-refractivity contribution is 7.63. The molecule has 0 aliphatic carbocycles. The molecule has 4 aliphatic rings. The lowest BCUT2D eigenvalue weighted by atomic mass is 10.0. The normalized spacial score (nSPS) is 24.4. The molecular formula is C34H42F2N3O7P. The minimum atomic E-state index is -2.71. The molecule has 0 spiro atoms. The van der Waals surface area contributed by atoms with E-state index in [4.69, 9.17) is 18.9 Å². The lowest BCUT2D eigenvalue weighted by Gasteiger charge is -2.22. The quantitative estimate of drug-likeness (QED) is 0.266. The van der Waals surface area contributed by atoms with Gasteiger partial charge in [-0.1, -0.05) is 6.92 Å². The third-order valence-electron chi connectivity index (χ3n) is 9.59. The van der Waals surface area contributed by atoms with Crippen molar-refractivity contribution in [2.45, 2.75) is 63.5 Å². The Balaban J connectivity index is 1.10. The van der Waals surface area contributed by atoms with Gasteiger partial charge in [0.15, 0.2) is 23.0 Å². The van der Waals surface area contributed by atoms with Crippen LogP contribution in [-0.4, -0.2) is 111 Å². The van der Waals surface area contributed by atoms with Crippen molar-refractivity contribution in [3.8, 4) is 23.0 Å². The molecule has 5 atom stereocenters. The largest absolute Gasteiger partial charge is 0.493 e. The molecule has 254 valence electrons. The number of amides is 2. The van der Waals surface area contributed by atoms with Gasteiger partial charge in [0.1, 0.15) is 12.3 Å². The first kappa shape index (κ1) is 33.2. The van der Waals surface area contributed by atoms with E-state index in [1.165, 1.54) is 19.1 Å². The van der Waals surface area contributed by atoms with Crippen LogP contribution in [-0.2, 0) is 11.0 Å². The predicted octanol–water partition coefficient (Wildman–Crippen LogP) is 5.70. The van der Waals surface area contributed by atoms with E-state index in [1.807, 2.05) is 13.0 Å². The fourth-order valence-corrected chi connectivity index (χ4v) is 9.47. The Morgan fingerprint density at radius 3 is 2.13 bits per heavy atom. The SMILES string of the molecule is CCCP(=O)(CCOc1cc2c(cc1OC)C(=O)N1CC(F)C[C@H]1CC2)CCOc1cc2c(cc1OC)C(=O)N1CC(F)C[C@H]1C=N2. The van der Waals surface area contributed by atoms with E-state index >= 15 is 0 Å². The number of nitrogens with zero attached hydrogens (tertiary/aromatic N) is 3. The minimum absolute atomic E-state index is 0.0337. The number of halogens is 2. The molecule has 0 radical (unpaired) electrons. The second kappa shape index (κ2) is 13.8. The first-order chi connectivity index (χ1) is 22.6. The summed E-state index contributed by atoms with van der Waals surface area (Å²) in [5.41, 5.74) is 2.09. The van der Waals surface area contributed by atoms with Gasteiger partial charge in [-0.15, -0.1) is 0 Å². The summed E-state index contributed by atoms with van der Waals surface area (Å²) >= 11 is 0. The number of carbonyl (C=O) groups is 2. The van der Waals surface area contributed by atoms with E-state index in [0.717, 1.165) is 12.0 Å². The summed E-state index contributed by atoms with van der Waals surface area (Å²) in [6.07, 6.45) is 3.33. The maximum atomic E-state index is 14.0. The number of alkyl halides is 2. The van der Waals surface area contributed by atoms with E-state index in [-0.39, 0.29) is 56.6 Å². The summed E-state index contributed by atoms with van der Waals surface area (Å²) in [5.74, 6) is 1.13.